The Morgan fingerprint density at radius 3 is 2.68 bits per heavy atom. The number of H-pyrrole nitrogens is 1. The van der Waals surface area contributed by atoms with Crippen molar-refractivity contribution in [2.75, 3.05) is 13.1 Å². The lowest BCUT2D eigenvalue weighted by Gasteiger charge is -2.25. The second kappa shape index (κ2) is 7.18. The number of nitrogens with zero attached hydrogens (tertiary/aromatic N) is 2. The molecule has 6 nitrogen and oxygen atoms in total. The van der Waals surface area contributed by atoms with Gasteiger partial charge in [0, 0.05) is 37.0 Å². The number of rotatable bonds is 6. The molecule has 0 spiro atoms. The topological polar surface area (TPSA) is 78.1 Å². The van der Waals surface area contributed by atoms with E-state index < -0.39 is 0 Å². The SMILES string of the molecule is CC(C)(C)C(=O)N1C[C@H](NC(=O)CCCc2cn[nH]c2)[C@@H](C2CC2)C1. The molecule has 2 aliphatic rings. The molecule has 6 heteroatoms. The molecule has 0 radical (unpaired) electrons. The molecular weight excluding hydrogens is 316 g/mol. The molecule has 1 aromatic rings. The van der Waals surface area contributed by atoms with Crippen LogP contribution in [0.4, 0.5) is 0 Å². The molecule has 0 bridgehead atoms. The molecule has 1 saturated heterocycles. The molecule has 2 amide bonds. The fourth-order valence-electron chi connectivity index (χ4n) is 3.77. The first-order chi connectivity index (χ1) is 11.8. The van der Waals surface area contributed by atoms with Crippen LogP contribution >= 0.6 is 0 Å². The summed E-state index contributed by atoms with van der Waals surface area (Å²) in [6, 6.07) is 0.111. The Kier molecular flexibility index (Phi) is 5.16. The third-order valence-corrected chi connectivity index (χ3v) is 5.29. The predicted octanol–water partition coefficient (Wildman–Crippen LogP) is 2.13. The van der Waals surface area contributed by atoms with Crippen molar-refractivity contribution in [2.24, 2.45) is 17.3 Å². The largest absolute Gasteiger partial charge is 0.351 e. The molecule has 0 aromatic carbocycles. The maximum atomic E-state index is 12.6. The molecule has 2 heterocycles. The van der Waals surface area contributed by atoms with E-state index in [1.165, 1.54) is 12.8 Å². The highest BCUT2D eigenvalue weighted by atomic mass is 16.2. The Bertz CT molecular complexity index is 601. The van der Waals surface area contributed by atoms with Crippen molar-refractivity contribution in [2.45, 2.75) is 58.9 Å². The molecule has 138 valence electrons. The summed E-state index contributed by atoms with van der Waals surface area (Å²) in [6.45, 7) is 7.33. The number of carbonyl (C=O) groups excluding carboxylic acids is 2. The minimum atomic E-state index is -0.363. The van der Waals surface area contributed by atoms with E-state index in [1.807, 2.05) is 31.9 Å². The monoisotopic (exact) mass is 346 g/mol. The van der Waals surface area contributed by atoms with Gasteiger partial charge in [-0.1, -0.05) is 20.8 Å². The van der Waals surface area contributed by atoms with Crippen LogP contribution in [0.3, 0.4) is 0 Å². The highest BCUT2D eigenvalue weighted by Gasteiger charge is 2.45. The number of aromatic amines is 1. The van der Waals surface area contributed by atoms with Gasteiger partial charge in [-0.25, -0.2) is 0 Å². The Balaban J connectivity index is 1.51. The van der Waals surface area contributed by atoms with Crippen molar-refractivity contribution in [3.8, 4) is 0 Å². The third kappa shape index (κ3) is 4.61. The van der Waals surface area contributed by atoms with E-state index in [4.69, 9.17) is 0 Å². The predicted molar refractivity (Wildman–Crippen MR) is 95.7 cm³/mol. The van der Waals surface area contributed by atoms with Gasteiger partial charge in [-0.05, 0) is 37.2 Å². The van der Waals surface area contributed by atoms with Crippen LogP contribution in [0.25, 0.3) is 0 Å². The number of nitrogens with one attached hydrogen (secondary N) is 2. The standard InChI is InChI=1S/C19H30N4O2/c1-19(2,3)18(25)23-11-15(14-7-8-14)16(12-23)22-17(24)6-4-5-13-9-20-21-10-13/h9-10,14-16H,4-8,11-12H2,1-3H3,(H,20,21)(H,22,24)/t15-,16+/m1/s1. The van der Waals surface area contributed by atoms with E-state index in [2.05, 4.69) is 15.5 Å². The van der Waals surface area contributed by atoms with E-state index in [1.54, 1.807) is 6.20 Å². The summed E-state index contributed by atoms with van der Waals surface area (Å²) in [5.41, 5.74) is 0.767. The fourth-order valence-corrected chi connectivity index (χ4v) is 3.77. The quantitative estimate of drug-likeness (QED) is 0.828. The van der Waals surface area contributed by atoms with Crippen molar-refractivity contribution in [1.82, 2.24) is 20.4 Å². The molecule has 1 aliphatic heterocycles. The van der Waals surface area contributed by atoms with Crippen molar-refractivity contribution < 1.29 is 9.59 Å². The second-order valence-corrected chi connectivity index (χ2v) is 8.60. The van der Waals surface area contributed by atoms with Crippen LogP contribution in [0.1, 0.15) is 52.0 Å². The fraction of sp³-hybridized carbons (Fsp3) is 0.737. The second-order valence-electron chi connectivity index (χ2n) is 8.60. The highest BCUT2D eigenvalue weighted by molar-refractivity contribution is 5.82. The first kappa shape index (κ1) is 18.0. The van der Waals surface area contributed by atoms with Gasteiger partial charge in [0.05, 0.1) is 12.2 Å². The maximum absolute atomic E-state index is 12.6. The van der Waals surface area contributed by atoms with Crippen LogP contribution in [0.15, 0.2) is 12.4 Å². The first-order valence-corrected chi connectivity index (χ1v) is 9.41. The summed E-state index contributed by atoms with van der Waals surface area (Å²) in [5, 5.41) is 9.92. The molecule has 1 saturated carbocycles. The van der Waals surface area contributed by atoms with Crippen LogP contribution in [-0.2, 0) is 16.0 Å². The van der Waals surface area contributed by atoms with Crippen molar-refractivity contribution >= 4 is 11.8 Å². The van der Waals surface area contributed by atoms with E-state index in [0.717, 1.165) is 24.9 Å². The van der Waals surface area contributed by atoms with Gasteiger partial charge in [0.1, 0.15) is 0 Å². The first-order valence-electron chi connectivity index (χ1n) is 9.41. The number of aromatic nitrogens is 2. The average Bonchev–Trinajstić information content (AvgIpc) is 3.09. The van der Waals surface area contributed by atoms with E-state index in [9.17, 15) is 9.59 Å². The smallest absolute Gasteiger partial charge is 0.228 e. The number of aryl methyl sites for hydroxylation is 1. The molecular formula is C19H30N4O2. The van der Waals surface area contributed by atoms with E-state index in [-0.39, 0.29) is 23.3 Å². The van der Waals surface area contributed by atoms with Crippen LogP contribution in [0.5, 0.6) is 0 Å². The molecule has 0 unspecified atom stereocenters. The Labute approximate surface area is 149 Å². The van der Waals surface area contributed by atoms with Crippen LogP contribution < -0.4 is 5.32 Å². The Morgan fingerprint density at radius 1 is 1.32 bits per heavy atom. The minimum Gasteiger partial charge on any atom is -0.351 e. The van der Waals surface area contributed by atoms with Crippen molar-refractivity contribution in [3.63, 3.8) is 0 Å². The maximum Gasteiger partial charge on any atom is 0.228 e. The molecule has 1 aromatic heterocycles. The summed E-state index contributed by atoms with van der Waals surface area (Å²) in [6.07, 6.45) is 8.32. The zero-order chi connectivity index (χ0) is 18.0. The minimum absolute atomic E-state index is 0.101. The highest BCUT2D eigenvalue weighted by Crippen LogP contribution is 2.42. The van der Waals surface area contributed by atoms with Gasteiger partial charge in [-0.2, -0.15) is 5.10 Å². The summed E-state index contributed by atoms with van der Waals surface area (Å²) in [7, 11) is 0. The normalized spacial score (nSPS) is 23.7. The summed E-state index contributed by atoms with van der Waals surface area (Å²) >= 11 is 0. The molecule has 3 rings (SSSR count). The number of likely N-dealkylation sites (tertiary alicyclic amines) is 1. The lowest BCUT2D eigenvalue weighted by atomic mass is 9.95. The Morgan fingerprint density at radius 2 is 2.08 bits per heavy atom. The average molecular weight is 346 g/mol. The number of hydrogen-bond donors (Lipinski definition) is 2. The molecule has 1 aliphatic carbocycles. The molecule has 2 fully saturated rings. The number of amides is 2. The third-order valence-electron chi connectivity index (χ3n) is 5.29. The molecule has 2 atom stereocenters. The van der Waals surface area contributed by atoms with E-state index in [0.29, 0.717) is 24.8 Å². The summed E-state index contributed by atoms with van der Waals surface area (Å²) in [4.78, 5) is 26.9. The van der Waals surface area contributed by atoms with Gasteiger partial charge in [-0.15, -0.1) is 0 Å². The lowest BCUT2D eigenvalue weighted by Crippen LogP contribution is -2.42. The Hall–Kier alpha value is -1.85. The lowest BCUT2D eigenvalue weighted by molar-refractivity contribution is -0.138. The zero-order valence-electron chi connectivity index (χ0n) is 15.5. The van der Waals surface area contributed by atoms with Crippen molar-refractivity contribution in [3.05, 3.63) is 18.0 Å². The van der Waals surface area contributed by atoms with Crippen LogP contribution in [0.2, 0.25) is 0 Å². The van der Waals surface area contributed by atoms with E-state index >= 15 is 0 Å². The van der Waals surface area contributed by atoms with Crippen molar-refractivity contribution in [1.29, 1.82) is 0 Å². The molecule has 25 heavy (non-hydrogen) atoms. The van der Waals surface area contributed by atoms with Gasteiger partial charge in [-0.3, -0.25) is 14.7 Å². The van der Waals surface area contributed by atoms with Crippen LogP contribution in [-0.4, -0.2) is 46.0 Å². The number of hydrogen-bond acceptors (Lipinski definition) is 3. The van der Waals surface area contributed by atoms with Crippen LogP contribution in [0, 0.1) is 17.3 Å². The summed E-state index contributed by atoms with van der Waals surface area (Å²) < 4.78 is 0. The van der Waals surface area contributed by atoms with Gasteiger partial charge < -0.3 is 10.2 Å². The number of carbonyl (C=O) groups is 2. The summed E-state index contributed by atoms with van der Waals surface area (Å²) in [5.74, 6) is 1.39. The molecule has 2 N–H and O–H groups in total. The van der Waals surface area contributed by atoms with Gasteiger partial charge in [0.2, 0.25) is 11.8 Å². The van der Waals surface area contributed by atoms with Gasteiger partial charge in [0.25, 0.3) is 0 Å². The van der Waals surface area contributed by atoms with Gasteiger partial charge in [0.15, 0.2) is 0 Å². The van der Waals surface area contributed by atoms with Gasteiger partial charge >= 0.3 is 0 Å². The zero-order valence-corrected chi connectivity index (χ0v) is 15.5.